The Morgan fingerprint density at radius 3 is 2.38 bits per heavy atom. The molecule has 2 aromatic carbocycles. The highest BCUT2D eigenvalue weighted by molar-refractivity contribution is 7.89. The first-order valence-corrected chi connectivity index (χ1v) is 11.0. The smallest absolute Gasteiger partial charge is 0.338 e. The third-order valence-corrected chi connectivity index (χ3v) is 6.79. The highest BCUT2D eigenvalue weighted by Gasteiger charge is 2.28. The van der Waals surface area contributed by atoms with Gasteiger partial charge in [-0.1, -0.05) is 19.1 Å². The van der Waals surface area contributed by atoms with Crippen LogP contribution in [0.3, 0.4) is 0 Å². The van der Waals surface area contributed by atoms with Crippen molar-refractivity contribution in [1.29, 1.82) is 0 Å². The summed E-state index contributed by atoms with van der Waals surface area (Å²) in [5, 5.41) is 0. The molecule has 0 N–H and O–H groups in total. The maximum absolute atomic E-state index is 13.4. The van der Waals surface area contributed by atoms with Crippen molar-refractivity contribution in [1.82, 2.24) is 4.31 Å². The number of halogens is 1. The van der Waals surface area contributed by atoms with E-state index in [1.54, 1.807) is 12.1 Å². The Balaban J connectivity index is 1.52. The quantitative estimate of drug-likeness (QED) is 0.506. The Morgan fingerprint density at radius 2 is 1.72 bits per heavy atom. The number of rotatable bonds is 7. The topological polar surface area (TPSA) is 72.9 Å². The number of hydrogen-bond donors (Lipinski definition) is 0. The van der Waals surface area contributed by atoms with Crippen molar-refractivity contribution in [2.45, 2.75) is 24.7 Å². The molecule has 0 amide bonds. The largest absolute Gasteiger partial charge is 0.487 e. The lowest BCUT2D eigenvalue weighted by atomic mass is 10.0. The predicted molar refractivity (Wildman–Crippen MR) is 106 cm³/mol. The van der Waals surface area contributed by atoms with Crippen molar-refractivity contribution in [3.63, 3.8) is 0 Å². The molecule has 3 rings (SSSR count). The van der Waals surface area contributed by atoms with Gasteiger partial charge in [0.2, 0.25) is 10.0 Å². The van der Waals surface area contributed by atoms with Crippen LogP contribution in [-0.2, 0) is 14.8 Å². The van der Waals surface area contributed by atoms with Gasteiger partial charge in [0.05, 0.1) is 10.5 Å². The second-order valence-electron chi connectivity index (χ2n) is 7.03. The third kappa shape index (κ3) is 5.33. The van der Waals surface area contributed by atoms with Crippen LogP contribution < -0.4 is 4.74 Å². The van der Waals surface area contributed by atoms with E-state index >= 15 is 0 Å². The molecule has 1 saturated heterocycles. The Morgan fingerprint density at radius 1 is 1.07 bits per heavy atom. The summed E-state index contributed by atoms with van der Waals surface area (Å²) >= 11 is 0. The first-order valence-electron chi connectivity index (χ1n) is 9.52. The molecule has 0 radical (unpaired) electrons. The van der Waals surface area contributed by atoms with Crippen molar-refractivity contribution < 1.29 is 27.1 Å². The molecule has 2 aromatic rings. The van der Waals surface area contributed by atoms with Crippen LogP contribution >= 0.6 is 0 Å². The molecule has 0 saturated carbocycles. The number of piperidine rings is 1. The minimum absolute atomic E-state index is 0.00647. The van der Waals surface area contributed by atoms with Crippen molar-refractivity contribution in [3.05, 3.63) is 59.9 Å². The average Bonchev–Trinajstić information content (AvgIpc) is 2.72. The minimum atomic E-state index is -3.56. The Kier molecular flexibility index (Phi) is 6.87. The number of ether oxygens (including phenoxy) is 2. The summed E-state index contributed by atoms with van der Waals surface area (Å²) in [4.78, 5) is 12.3. The van der Waals surface area contributed by atoms with E-state index in [0.29, 0.717) is 19.0 Å². The molecule has 0 spiro atoms. The van der Waals surface area contributed by atoms with Crippen LogP contribution in [-0.4, -0.2) is 45.0 Å². The van der Waals surface area contributed by atoms with E-state index in [1.807, 2.05) is 0 Å². The van der Waals surface area contributed by atoms with Gasteiger partial charge >= 0.3 is 5.97 Å². The van der Waals surface area contributed by atoms with Crippen LogP contribution in [0.2, 0.25) is 0 Å². The fourth-order valence-corrected chi connectivity index (χ4v) is 4.54. The average molecular weight is 421 g/mol. The van der Waals surface area contributed by atoms with Gasteiger partial charge in [0, 0.05) is 13.1 Å². The van der Waals surface area contributed by atoms with E-state index in [9.17, 15) is 17.6 Å². The number of carbonyl (C=O) groups is 1. The molecule has 0 bridgehead atoms. The number of esters is 1. The lowest BCUT2D eigenvalue weighted by molar-refractivity contribution is 0.0448. The van der Waals surface area contributed by atoms with E-state index in [0.717, 1.165) is 12.8 Å². The summed E-state index contributed by atoms with van der Waals surface area (Å²) in [6.45, 7) is 3.09. The van der Waals surface area contributed by atoms with E-state index in [-0.39, 0.29) is 29.4 Å². The van der Waals surface area contributed by atoms with Crippen molar-refractivity contribution in [2.24, 2.45) is 5.92 Å². The maximum atomic E-state index is 13.4. The summed E-state index contributed by atoms with van der Waals surface area (Å²) in [7, 11) is -3.56. The molecule has 0 aromatic heterocycles. The minimum Gasteiger partial charge on any atom is -0.487 e. The standard InChI is InChI=1S/C21H24FNO5S/c1-16-10-12-23(13-11-16)29(25,26)18-8-6-17(7-9-18)21(24)28-15-14-27-20-5-3-2-4-19(20)22/h2-9,16H,10-15H2,1H3. The predicted octanol–water partition coefficient (Wildman–Crippen LogP) is 3.48. The molecule has 0 aliphatic carbocycles. The Labute approximate surface area is 170 Å². The van der Waals surface area contributed by atoms with Gasteiger partial charge in [-0.25, -0.2) is 17.6 Å². The first kappa shape index (κ1) is 21.3. The molecule has 8 heteroatoms. The molecule has 1 fully saturated rings. The number of para-hydroxylation sites is 1. The van der Waals surface area contributed by atoms with Gasteiger partial charge in [0.1, 0.15) is 13.2 Å². The van der Waals surface area contributed by atoms with E-state index in [2.05, 4.69) is 6.92 Å². The number of nitrogens with zero attached hydrogens (tertiary/aromatic N) is 1. The molecular formula is C21H24FNO5S. The number of benzene rings is 2. The van der Waals surface area contributed by atoms with E-state index < -0.39 is 21.8 Å². The summed E-state index contributed by atoms with van der Waals surface area (Å²) in [6.07, 6.45) is 1.69. The van der Waals surface area contributed by atoms with Crippen molar-refractivity contribution in [2.75, 3.05) is 26.3 Å². The zero-order chi connectivity index (χ0) is 20.9. The highest BCUT2D eigenvalue weighted by atomic mass is 32.2. The van der Waals surface area contributed by atoms with Crippen molar-refractivity contribution >= 4 is 16.0 Å². The number of sulfonamides is 1. The van der Waals surface area contributed by atoms with Crippen LogP contribution in [0.5, 0.6) is 5.75 Å². The second-order valence-corrected chi connectivity index (χ2v) is 8.96. The Bertz CT molecular complexity index is 938. The highest BCUT2D eigenvalue weighted by Crippen LogP contribution is 2.23. The van der Waals surface area contributed by atoms with Crippen LogP contribution in [0.1, 0.15) is 30.1 Å². The zero-order valence-electron chi connectivity index (χ0n) is 16.2. The van der Waals surface area contributed by atoms with Gasteiger partial charge in [-0.15, -0.1) is 0 Å². The fraction of sp³-hybridized carbons (Fsp3) is 0.381. The fourth-order valence-electron chi connectivity index (χ4n) is 3.07. The van der Waals surface area contributed by atoms with Crippen LogP contribution in [0.15, 0.2) is 53.4 Å². The first-order chi connectivity index (χ1) is 13.9. The monoisotopic (exact) mass is 421 g/mol. The third-order valence-electron chi connectivity index (χ3n) is 4.88. The molecule has 1 heterocycles. The van der Waals surface area contributed by atoms with Gasteiger partial charge in [0.15, 0.2) is 11.6 Å². The zero-order valence-corrected chi connectivity index (χ0v) is 17.0. The van der Waals surface area contributed by atoms with Gasteiger partial charge < -0.3 is 9.47 Å². The number of carbonyl (C=O) groups excluding carboxylic acids is 1. The van der Waals surface area contributed by atoms with Gasteiger partial charge in [-0.05, 0) is 55.2 Å². The van der Waals surface area contributed by atoms with Crippen LogP contribution in [0, 0.1) is 11.7 Å². The van der Waals surface area contributed by atoms with E-state index in [1.165, 1.54) is 40.7 Å². The van der Waals surface area contributed by atoms with E-state index in [4.69, 9.17) is 9.47 Å². The lowest BCUT2D eigenvalue weighted by Gasteiger charge is -2.29. The summed E-state index contributed by atoms with van der Waals surface area (Å²) in [5.74, 6) is -0.470. The van der Waals surface area contributed by atoms with Crippen LogP contribution in [0.25, 0.3) is 0 Å². The molecule has 1 aliphatic rings. The van der Waals surface area contributed by atoms with Crippen molar-refractivity contribution in [3.8, 4) is 5.75 Å². The molecule has 29 heavy (non-hydrogen) atoms. The molecular weight excluding hydrogens is 397 g/mol. The van der Waals surface area contributed by atoms with Gasteiger partial charge in [-0.3, -0.25) is 0 Å². The molecule has 0 unspecified atom stereocenters. The summed E-state index contributed by atoms with van der Waals surface area (Å²) < 4.78 is 50.7. The normalized spacial score (nSPS) is 15.8. The maximum Gasteiger partial charge on any atom is 0.338 e. The SMILES string of the molecule is CC1CCN(S(=O)(=O)c2ccc(C(=O)OCCOc3ccccc3F)cc2)CC1. The summed E-state index contributed by atoms with van der Waals surface area (Å²) in [6, 6.07) is 11.7. The molecule has 6 nitrogen and oxygen atoms in total. The Hall–Kier alpha value is -2.45. The summed E-state index contributed by atoms with van der Waals surface area (Å²) in [5.41, 5.74) is 0.238. The molecule has 1 aliphatic heterocycles. The van der Waals surface area contributed by atoms with Gasteiger partial charge in [-0.2, -0.15) is 4.31 Å². The molecule has 156 valence electrons. The molecule has 0 atom stereocenters. The van der Waals surface area contributed by atoms with Gasteiger partial charge in [0.25, 0.3) is 0 Å². The van der Waals surface area contributed by atoms with Crippen LogP contribution in [0.4, 0.5) is 4.39 Å². The second kappa shape index (κ2) is 9.37. The lowest BCUT2D eigenvalue weighted by Crippen LogP contribution is -2.37. The number of hydrogen-bond acceptors (Lipinski definition) is 5.